The lowest BCUT2D eigenvalue weighted by molar-refractivity contribution is 0.212. The highest BCUT2D eigenvalue weighted by molar-refractivity contribution is 9.10. The molecule has 4 heteroatoms. The van der Waals surface area contributed by atoms with E-state index in [0.29, 0.717) is 0 Å². The Morgan fingerprint density at radius 3 is 3.12 bits per heavy atom. The second-order valence-corrected chi connectivity index (χ2v) is 5.96. The Hall–Kier alpha value is -1.000. The van der Waals surface area contributed by atoms with Crippen molar-refractivity contribution in [1.82, 2.24) is 0 Å². The van der Waals surface area contributed by atoms with Crippen molar-refractivity contribution >= 4 is 33.0 Å². The summed E-state index contributed by atoms with van der Waals surface area (Å²) >= 11 is 5.20. The lowest BCUT2D eigenvalue weighted by Gasteiger charge is -2.27. The fourth-order valence-corrected chi connectivity index (χ4v) is 3.46. The third kappa shape index (κ3) is 2.07. The first-order valence-electron chi connectivity index (χ1n) is 5.48. The van der Waals surface area contributed by atoms with E-state index in [9.17, 15) is 0 Å². The predicted molar refractivity (Wildman–Crippen MR) is 75.1 cm³/mol. The molecule has 1 aliphatic rings. The number of fused-ring (bicyclic) bond motifs is 1. The lowest BCUT2D eigenvalue weighted by Crippen LogP contribution is -2.23. The fraction of sp³-hybridized carbons (Fsp3) is 0.231. The molecule has 0 saturated carbocycles. The first-order valence-corrected chi connectivity index (χ1v) is 7.15. The third-order valence-corrected chi connectivity index (χ3v) is 4.64. The van der Waals surface area contributed by atoms with Gasteiger partial charge in [-0.1, -0.05) is 12.1 Å². The zero-order chi connectivity index (χ0) is 11.8. The van der Waals surface area contributed by atoms with Gasteiger partial charge in [0, 0.05) is 14.7 Å². The van der Waals surface area contributed by atoms with Crippen LogP contribution in [-0.4, -0.2) is 6.54 Å². The SMILES string of the molecule is Cc1cccc2c1OC(c1cc(Br)cs1)CN2. The van der Waals surface area contributed by atoms with E-state index < -0.39 is 0 Å². The molecule has 1 aromatic carbocycles. The summed E-state index contributed by atoms with van der Waals surface area (Å²) in [6, 6.07) is 8.31. The second-order valence-electron chi connectivity index (χ2n) is 4.11. The molecule has 1 unspecified atom stereocenters. The van der Waals surface area contributed by atoms with Crippen LogP contribution >= 0.6 is 27.3 Å². The van der Waals surface area contributed by atoms with Crippen LogP contribution in [0, 0.1) is 6.92 Å². The van der Waals surface area contributed by atoms with Crippen molar-refractivity contribution in [2.24, 2.45) is 0 Å². The van der Waals surface area contributed by atoms with E-state index in [1.807, 2.05) is 6.07 Å². The molecule has 0 spiro atoms. The summed E-state index contributed by atoms with van der Waals surface area (Å²) in [6.45, 7) is 2.90. The van der Waals surface area contributed by atoms with E-state index in [2.05, 4.69) is 51.7 Å². The fourth-order valence-electron chi connectivity index (χ4n) is 1.99. The summed E-state index contributed by atoms with van der Waals surface area (Å²) in [7, 11) is 0. The Balaban J connectivity index is 1.92. The number of halogens is 1. The molecule has 1 aliphatic heterocycles. The number of para-hydroxylation sites is 1. The summed E-state index contributed by atoms with van der Waals surface area (Å²) in [5, 5.41) is 5.52. The molecule has 0 fully saturated rings. The van der Waals surface area contributed by atoms with Gasteiger partial charge in [-0.2, -0.15) is 0 Å². The number of thiophene rings is 1. The van der Waals surface area contributed by atoms with Crippen molar-refractivity contribution in [3.8, 4) is 5.75 Å². The molecule has 1 N–H and O–H groups in total. The van der Waals surface area contributed by atoms with E-state index in [4.69, 9.17) is 4.74 Å². The van der Waals surface area contributed by atoms with Gasteiger partial charge in [0.2, 0.25) is 0 Å². The van der Waals surface area contributed by atoms with Gasteiger partial charge >= 0.3 is 0 Å². The van der Waals surface area contributed by atoms with Crippen LogP contribution in [0.2, 0.25) is 0 Å². The van der Waals surface area contributed by atoms with E-state index in [1.54, 1.807) is 11.3 Å². The Morgan fingerprint density at radius 1 is 1.47 bits per heavy atom. The largest absolute Gasteiger partial charge is 0.481 e. The number of aryl methyl sites for hydroxylation is 1. The van der Waals surface area contributed by atoms with Gasteiger partial charge in [0.1, 0.15) is 5.75 Å². The number of hydrogen-bond acceptors (Lipinski definition) is 3. The molecule has 2 heterocycles. The number of hydrogen-bond donors (Lipinski definition) is 1. The topological polar surface area (TPSA) is 21.3 Å². The standard InChI is InChI=1S/C13H12BrNOS/c1-8-3-2-4-10-13(8)16-11(6-15-10)12-5-9(14)7-17-12/h2-5,7,11,15H,6H2,1H3. The zero-order valence-electron chi connectivity index (χ0n) is 9.37. The molecular formula is C13H12BrNOS. The number of rotatable bonds is 1. The van der Waals surface area contributed by atoms with Crippen LogP contribution in [0.5, 0.6) is 5.75 Å². The van der Waals surface area contributed by atoms with Crippen LogP contribution < -0.4 is 10.1 Å². The molecule has 0 aliphatic carbocycles. The van der Waals surface area contributed by atoms with Crippen LogP contribution in [0.4, 0.5) is 5.69 Å². The first kappa shape index (κ1) is 11.1. The van der Waals surface area contributed by atoms with Gasteiger partial charge in [0.25, 0.3) is 0 Å². The lowest BCUT2D eigenvalue weighted by atomic mass is 10.1. The van der Waals surface area contributed by atoms with Gasteiger partial charge in [0.15, 0.2) is 6.10 Å². The molecule has 0 bridgehead atoms. The van der Waals surface area contributed by atoms with Gasteiger partial charge in [-0.25, -0.2) is 0 Å². The van der Waals surface area contributed by atoms with Gasteiger partial charge in [0.05, 0.1) is 12.2 Å². The van der Waals surface area contributed by atoms with Crippen molar-refractivity contribution in [2.45, 2.75) is 13.0 Å². The van der Waals surface area contributed by atoms with Crippen molar-refractivity contribution < 1.29 is 4.74 Å². The maximum Gasteiger partial charge on any atom is 0.150 e. The van der Waals surface area contributed by atoms with Crippen molar-refractivity contribution in [3.05, 3.63) is 44.6 Å². The van der Waals surface area contributed by atoms with Crippen molar-refractivity contribution in [3.63, 3.8) is 0 Å². The van der Waals surface area contributed by atoms with E-state index in [1.165, 1.54) is 10.4 Å². The Morgan fingerprint density at radius 2 is 2.35 bits per heavy atom. The van der Waals surface area contributed by atoms with E-state index in [-0.39, 0.29) is 6.10 Å². The number of anilines is 1. The van der Waals surface area contributed by atoms with E-state index >= 15 is 0 Å². The molecule has 88 valence electrons. The minimum Gasteiger partial charge on any atom is -0.481 e. The van der Waals surface area contributed by atoms with Crippen molar-refractivity contribution in [2.75, 3.05) is 11.9 Å². The summed E-state index contributed by atoms with van der Waals surface area (Å²) in [5.74, 6) is 0.980. The molecule has 0 saturated heterocycles. The molecule has 17 heavy (non-hydrogen) atoms. The van der Waals surface area contributed by atoms with Gasteiger partial charge in [-0.3, -0.25) is 0 Å². The third-order valence-electron chi connectivity index (χ3n) is 2.85. The average molecular weight is 310 g/mol. The minimum absolute atomic E-state index is 0.111. The second kappa shape index (κ2) is 4.35. The van der Waals surface area contributed by atoms with Crippen LogP contribution in [0.1, 0.15) is 16.5 Å². The Kier molecular flexibility index (Phi) is 2.84. The summed E-state index contributed by atoms with van der Waals surface area (Å²) < 4.78 is 7.21. The number of nitrogens with one attached hydrogen (secondary N) is 1. The van der Waals surface area contributed by atoms with Crippen LogP contribution in [0.25, 0.3) is 0 Å². The molecule has 2 nitrogen and oxygen atoms in total. The van der Waals surface area contributed by atoms with Crippen LogP contribution in [0.15, 0.2) is 34.1 Å². The van der Waals surface area contributed by atoms with Gasteiger partial charge in [-0.05, 0) is 40.5 Å². The highest BCUT2D eigenvalue weighted by Gasteiger charge is 2.23. The minimum atomic E-state index is 0.111. The Labute approximate surface area is 113 Å². The van der Waals surface area contributed by atoms with Crippen molar-refractivity contribution in [1.29, 1.82) is 0 Å². The normalized spacial score (nSPS) is 18.1. The molecule has 1 aromatic heterocycles. The molecule has 0 radical (unpaired) electrons. The maximum absolute atomic E-state index is 6.09. The maximum atomic E-state index is 6.09. The molecule has 0 amide bonds. The molecule has 1 atom stereocenters. The van der Waals surface area contributed by atoms with Gasteiger partial charge < -0.3 is 10.1 Å². The Bertz CT molecular complexity index is 552. The highest BCUT2D eigenvalue weighted by atomic mass is 79.9. The molecule has 3 rings (SSSR count). The van der Waals surface area contributed by atoms with Gasteiger partial charge in [-0.15, -0.1) is 11.3 Å². The number of ether oxygens (including phenoxy) is 1. The van der Waals surface area contributed by atoms with Crippen LogP contribution in [0.3, 0.4) is 0 Å². The summed E-state index contributed by atoms with van der Waals surface area (Å²) in [5.41, 5.74) is 2.27. The quantitative estimate of drug-likeness (QED) is 0.845. The summed E-state index contributed by atoms with van der Waals surface area (Å²) in [6.07, 6.45) is 0.111. The smallest absolute Gasteiger partial charge is 0.150 e. The monoisotopic (exact) mass is 309 g/mol. The molecular weight excluding hydrogens is 298 g/mol. The average Bonchev–Trinajstić information content (AvgIpc) is 2.76. The first-order chi connectivity index (χ1) is 8.24. The van der Waals surface area contributed by atoms with Crippen LogP contribution in [-0.2, 0) is 0 Å². The van der Waals surface area contributed by atoms with E-state index in [0.717, 1.165) is 22.5 Å². The highest BCUT2D eigenvalue weighted by Crippen LogP contribution is 2.38. The molecule has 2 aromatic rings. The predicted octanol–water partition coefficient (Wildman–Crippen LogP) is 4.36. The number of benzene rings is 1. The summed E-state index contributed by atoms with van der Waals surface area (Å²) in [4.78, 5) is 1.25. The zero-order valence-corrected chi connectivity index (χ0v) is 11.8.